The van der Waals surface area contributed by atoms with Crippen LogP contribution in [0.25, 0.3) is 0 Å². The van der Waals surface area contributed by atoms with Gasteiger partial charge in [-0.2, -0.15) is 4.98 Å². The molecule has 0 fully saturated rings. The number of carbonyl (C=O) groups excluding carboxylic acids is 1. The Bertz CT molecular complexity index is 1330. The van der Waals surface area contributed by atoms with E-state index >= 15 is 0 Å². The zero-order valence-corrected chi connectivity index (χ0v) is 23.4. The fraction of sp³-hybridized carbons (Fsp3) is 0.269. The third-order valence-electron chi connectivity index (χ3n) is 5.47. The van der Waals surface area contributed by atoms with E-state index in [4.69, 9.17) is 11.6 Å². The molecule has 0 bridgehead atoms. The number of para-hydroxylation sites is 1. The first-order chi connectivity index (χ1) is 17.5. The SMILES string of the molecule is C=CC(=O)Nc1cc(Nc2ncc(Cl)c(Nc3ccccc3P(C)(C)=O)n2)ccc1N(C)CCN(C)C. The number of hydrogen-bond donors (Lipinski definition) is 3. The molecule has 1 heterocycles. The first kappa shape index (κ1) is 28.2. The van der Waals surface area contributed by atoms with E-state index in [2.05, 4.69) is 42.3 Å². The van der Waals surface area contributed by atoms with E-state index in [0.717, 1.165) is 18.8 Å². The van der Waals surface area contributed by atoms with Crippen molar-refractivity contribution >= 4 is 64.5 Å². The summed E-state index contributed by atoms with van der Waals surface area (Å²) in [6.45, 7) is 8.61. The van der Waals surface area contributed by atoms with Crippen LogP contribution in [0.4, 0.5) is 34.5 Å². The second-order valence-corrected chi connectivity index (χ2v) is 12.7. The van der Waals surface area contributed by atoms with E-state index in [1.165, 1.54) is 12.3 Å². The minimum Gasteiger partial charge on any atom is -0.372 e. The molecule has 1 amide bonds. The maximum Gasteiger partial charge on any atom is 0.247 e. The summed E-state index contributed by atoms with van der Waals surface area (Å²) in [4.78, 5) is 25.1. The Morgan fingerprint density at radius 2 is 1.81 bits per heavy atom. The molecule has 1 aromatic heterocycles. The predicted molar refractivity (Wildman–Crippen MR) is 156 cm³/mol. The third kappa shape index (κ3) is 7.79. The summed E-state index contributed by atoms with van der Waals surface area (Å²) in [5.74, 6) is 0.368. The van der Waals surface area contributed by atoms with Crippen LogP contribution in [0.3, 0.4) is 0 Å². The van der Waals surface area contributed by atoms with Crippen LogP contribution in [0.1, 0.15) is 0 Å². The fourth-order valence-corrected chi connectivity index (χ4v) is 4.82. The quantitative estimate of drug-likeness (QED) is 0.230. The summed E-state index contributed by atoms with van der Waals surface area (Å²) in [6.07, 6.45) is 2.72. The number of anilines is 6. The number of aromatic nitrogens is 2. The van der Waals surface area contributed by atoms with Crippen molar-refractivity contribution in [2.75, 3.05) is 68.4 Å². The summed E-state index contributed by atoms with van der Waals surface area (Å²) in [5.41, 5.74) is 2.83. The number of rotatable bonds is 11. The van der Waals surface area contributed by atoms with Crippen LogP contribution in [-0.2, 0) is 9.36 Å². The van der Waals surface area contributed by atoms with Crippen molar-refractivity contribution in [1.82, 2.24) is 14.9 Å². The van der Waals surface area contributed by atoms with Gasteiger partial charge in [-0.25, -0.2) is 4.98 Å². The van der Waals surface area contributed by atoms with Gasteiger partial charge in [0.05, 0.1) is 23.3 Å². The number of amides is 1. The van der Waals surface area contributed by atoms with Crippen LogP contribution in [0.2, 0.25) is 5.02 Å². The monoisotopic (exact) mass is 541 g/mol. The van der Waals surface area contributed by atoms with E-state index < -0.39 is 7.14 Å². The molecule has 9 nitrogen and oxygen atoms in total. The zero-order valence-electron chi connectivity index (χ0n) is 21.7. The van der Waals surface area contributed by atoms with Crippen molar-refractivity contribution in [3.63, 3.8) is 0 Å². The molecule has 37 heavy (non-hydrogen) atoms. The molecule has 0 saturated heterocycles. The van der Waals surface area contributed by atoms with Gasteiger partial charge in [0.15, 0.2) is 5.82 Å². The molecule has 3 aromatic rings. The van der Waals surface area contributed by atoms with Gasteiger partial charge >= 0.3 is 0 Å². The molecular formula is C26H33ClN7O2P. The van der Waals surface area contributed by atoms with Crippen LogP contribution in [0, 0.1) is 0 Å². The second kappa shape index (κ2) is 12.2. The van der Waals surface area contributed by atoms with Gasteiger partial charge in [0.1, 0.15) is 12.2 Å². The summed E-state index contributed by atoms with van der Waals surface area (Å²) in [5, 5.41) is 10.3. The number of hydrogen-bond acceptors (Lipinski definition) is 8. The van der Waals surface area contributed by atoms with Crippen LogP contribution in [-0.4, -0.2) is 68.3 Å². The van der Waals surface area contributed by atoms with Gasteiger partial charge in [0, 0.05) is 31.1 Å². The highest BCUT2D eigenvalue weighted by molar-refractivity contribution is 7.70. The number of nitrogens with one attached hydrogen (secondary N) is 3. The molecule has 3 N–H and O–H groups in total. The Balaban J connectivity index is 1.89. The lowest BCUT2D eigenvalue weighted by Crippen LogP contribution is -2.29. The first-order valence-electron chi connectivity index (χ1n) is 11.6. The van der Waals surface area contributed by atoms with E-state index in [1.54, 1.807) is 13.3 Å². The zero-order chi connectivity index (χ0) is 27.2. The van der Waals surface area contributed by atoms with Crippen molar-refractivity contribution in [2.45, 2.75) is 0 Å². The lowest BCUT2D eigenvalue weighted by molar-refractivity contribution is -0.111. The number of benzene rings is 2. The molecule has 2 aromatic carbocycles. The standard InChI is InChI=1S/C26H33ClN7O2P/c1-7-24(35)30-21-16-18(12-13-22(21)34(4)15-14-33(2)3)29-26-28-17-19(27)25(32-26)31-20-10-8-9-11-23(20)37(5,6)36/h7-13,16-17H,1,14-15H2,2-6H3,(H,30,35)(H2,28,29,31,32). The molecule has 11 heteroatoms. The van der Waals surface area contributed by atoms with E-state index in [0.29, 0.717) is 39.2 Å². The minimum atomic E-state index is -2.53. The van der Waals surface area contributed by atoms with Gasteiger partial charge in [-0.05, 0) is 63.8 Å². The smallest absolute Gasteiger partial charge is 0.247 e. The average molecular weight is 542 g/mol. The summed E-state index contributed by atoms with van der Waals surface area (Å²) >= 11 is 6.37. The van der Waals surface area contributed by atoms with Crippen molar-refractivity contribution in [1.29, 1.82) is 0 Å². The predicted octanol–water partition coefficient (Wildman–Crippen LogP) is 4.99. The molecule has 196 valence electrons. The first-order valence-corrected chi connectivity index (χ1v) is 14.6. The highest BCUT2D eigenvalue weighted by atomic mass is 35.5. The number of nitrogens with zero attached hydrogens (tertiary/aromatic N) is 4. The van der Waals surface area contributed by atoms with Crippen molar-refractivity contribution in [3.05, 3.63) is 66.3 Å². The van der Waals surface area contributed by atoms with Gasteiger partial charge in [0.2, 0.25) is 11.9 Å². The highest BCUT2D eigenvalue weighted by Gasteiger charge is 2.17. The lowest BCUT2D eigenvalue weighted by Gasteiger charge is -2.24. The van der Waals surface area contributed by atoms with Crippen molar-refractivity contribution < 1.29 is 9.36 Å². The Hall–Kier alpha value is -3.39. The lowest BCUT2D eigenvalue weighted by atomic mass is 10.2. The summed E-state index contributed by atoms with van der Waals surface area (Å²) < 4.78 is 12.7. The maximum atomic E-state index is 12.7. The van der Waals surface area contributed by atoms with E-state index in [1.807, 2.05) is 63.6 Å². The molecule has 0 aliphatic rings. The molecule has 0 spiro atoms. The summed E-state index contributed by atoms with van der Waals surface area (Å²) in [7, 11) is 3.46. The minimum absolute atomic E-state index is 0.301. The Kier molecular flexibility index (Phi) is 9.32. The Morgan fingerprint density at radius 1 is 1.08 bits per heavy atom. The maximum absolute atomic E-state index is 12.7. The van der Waals surface area contributed by atoms with E-state index in [9.17, 15) is 9.36 Å². The highest BCUT2D eigenvalue weighted by Crippen LogP contribution is 2.38. The Labute approximate surface area is 223 Å². The molecular weight excluding hydrogens is 509 g/mol. The molecule has 3 rings (SSSR count). The third-order valence-corrected chi connectivity index (χ3v) is 7.30. The van der Waals surface area contributed by atoms with Gasteiger partial charge in [-0.15, -0.1) is 0 Å². The number of halogens is 1. The molecule has 0 aliphatic heterocycles. The topological polar surface area (TPSA) is 102 Å². The van der Waals surface area contributed by atoms with Crippen LogP contribution < -0.4 is 26.2 Å². The number of carbonyl (C=O) groups is 1. The van der Waals surface area contributed by atoms with Gasteiger partial charge in [-0.3, -0.25) is 4.79 Å². The average Bonchev–Trinajstić information content (AvgIpc) is 2.84. The fourth-order valence-electron chi connectivity index (χ4n) is 3.52. The van der Waals surface area contributed by atoms with Crippen molar-refractivity contribution in [3.8, 4) is 0 Å². The second-order valence-electron chi connectivity index (χ2n) is 9.16. The van der Waals surface area contributed by atoms with Gasteiger partial charge in [-0.1, -0.05) is 30.3 Å². The van der Waals surface area contributed by atoms with Crippen LogP contribution >= 0.6 is 18.7 Å². The normalized spacial score (nSPS) is 11.2. The van der Waals surface area contributed by atoms with Gasteiger partial charge in [0.25, 0.3) is 0 Å². The number of likely N-dealkylation sites (N-methyl/N-ethyl adjacent to an activating group) is 2. The molecule has 0 saturated carbocycles. The van der Waals surface area contributed by atoms with Gasteiger partial charge < -0.3 is 30.3 Å². The molecule has 0 radical (unpaired) electrons. The molecule has 0 aliphatic carbocycles. The van der Waals surface area contributed by atoms with Crippen LogP contribution in [0.15, 0.2) is 61.3 Å². The molecule has 0 unspecified atom stereocenters. The molecule has 0 atom stereocenters. The summed E-state index contributed by atoms with van der Waals surface area (Å²) in [6, 6.07) is 13.0. The van der Waals surface area contributed by atoms with Crippen molar-refractivity contribution in [2.24, 2.45) is 0 Å². The van der Waals surface area contributed by atoms with Crippen LogP contribution in [0.5, 0.6) is 0 Å². The largest absolute Gasteiger partial charge is 0.372 e. The van der Waals surface area contributed by atoms with E-state index in [-0.39, 0.29) is 5.91 Å². The Morgan fingerprint density at radius 3 is 2.49 bits per heavy atom.